The molecular formula is C17H28N2. The van der Waals surface area contributed by atoms with E-state index in [1.54, 1.807) is 0 Å². The molecule has 19 heavy (non-hydrogen) atoms. The van der Waals surface area contributed by atoms with Gasteiger partial charge in [0, 0.05) is 25.2 Å². The molecule has 1 aromatic rings. The van der Waals surface area contributed by atoms with Crippen molar-refractivity contribution in [1.82, 2.24) is 4.90 Å². The average Bonchev–Trinajstić information content (AvgIpc) is 2.40. The second-order valence-electron chi connectivity index (χ2n) is 6.25. The Bertz CT molecular complexity index is 427. The number of benzene rings is 1. The summed E-state index contributed by atoms with van der Waals surface area (Å²) in [6.45, 7) is 11.2. The van der Waals surface area contributed by atoms with Crippen LogP contribution in [-0.2, 0) is 0 Å². The van der Waals surface area contributed by atoms with Crippen LogP contribution in [0.15, 0.2) is 18.2 Å². The number of piperidine rings is 1. The number of rotatable bonds is 3. The van der Waals surface area contributed by atoms with E-state index in [2.05, 4.69) is 50.8 Å². The largest absolute Gasteiger partial charge is 0.327 e. The Kier molecular flexibility index (Phi) is 4.64. The normalized spacial score (nSPS) is 26.4. The van der Waals surface area contributed by atoms with E-state index in [1.807, 2.05) is 0 Å². The molecule has 2 heteroatoms. The van der Waals surface area contributed by atoms with Crippen molar-refractivity contribution in [3.63, 3.8) is 0 Å². The first-order valence-corrected chi connectivity index (χ1v) is 7.58. The molecule has 2 rings (SSSR count). The van der Waals surface area contributed by atoms with E-state index in [-0.39, 0.29) is 0 Å². The first-order valence-electron chi connectivity index (χ1n) is 7.58. The van der Waals surface area contributed by atoms with E-state index in [0.29, 0.717) is 18.0 Å². The van der Waals surface area contributed by atoms with E-state index in [9.17, 15) is 0 Å². The predicted octanol–water partition coefficient (Wildman–Crippen LogP) is 3.22. The van der Waals surface area contributed by atoms with Gasteiger partial charge in [0.1, 0.15) is 0 Å². The van der Waals surface area contributed by atoms with Gasteiger partial charge in [0.15, 0.2) is 0 Å². The summed E-state index contributed by atoms with van der Waals surface area (Å²) in [7, 11) is 0. The van der Waals surface area contributed by atoms with Crippen LogP contribution in [0.25, 0.3) is 0 Å². The van der Waals surface area contributed by atoms with E-state index in [4.69, 9.17) is 5.73 Å². The van der Waals surface area contributed by atoms with Crippen LogP contribution in [-0.4, -0.2) is 30.1 Å². The van der Waals surface area contributed by atoms with Crippen LogP contribution in [0.1, 0.15) is 49.3 Å². The van der Waals surface area contributed by atoms with E-state index >= 15 is 0 Å². The number of hydrogen-bond donors (Lipinski definition) is 1. The Balaban J connectivity index is 2.16. The van der Waals surface area contributed by atoms with Gasteiger partial charge in [0.2, 0.25) is 0 Å². The summed E-state index contributed by atoms with van der Waals surface area (Å²) in [4.78, 5) is 2.56. The van der Waals surface area contributed by atoms with Gasteiger partial charge in [-0.05, 0) is 56.2 Å². The van der Waals surface area contributed by atoms with Gasteiger partial charge in [-0.2, -0.15) is 0 Å². The summed E-state index contributed by atoms with van der Waals surface area (Å²) >= 11 is 0. The topological polar surface area (TPSA) is 29.3 Å². The minimum Gasteiger partial charge on any atom is -0.327 e. The maximum absolute atomic E-state index is 6.27. The van der Waals surface area contributed by atoms with Gasteiger partial charge in [-0.1, -0.05) is 25.1 Å². The Labute approximate surface area is 118 Å². The summed E-state index contributed by atoms with van der Waals surface area (Å²) < 4.78 is 0. The lowest BCUT2D eigenvalue weighted by atomic mass is 9.86. The van der Waals surface area contributed by atoms with Crippen molar-refractivity contribution in [3.8, 4) is 0 Å². The molecule has 106 valence electrons. The van der Waals surface area contributed by atoms with Crippen LogP contribution >= 0.6 is 0 Å². The third-order valence-corrected chi connectivity index (χ3v) is 4.73. The van der Waals surface area contributed by atoms with Gasteiger partial charge < -0.3 is 5.73 Å². The second kappa shape index (κ2) is 6.06. The lowest BCUT2D eigenvalue weighted by Crippen LogP contribution is -2.49. The zero-order valence-corrected chi connectivity index (χ0v) is 12.8. The molecule has 1 aromatic carbocycles. The molecule has 2 nitrogen and oxygen atoms in total. The van der Waals surface area contributed by atoms with Crippen molar-refractivity contribution < 1.29 is 0 Å². The summed E-state index contributed by atoms with van der Waals surface area (Å²) in [5, 5.41) is 0. The third kappa shape index (κ3) is 3.37. The Hall–Kier alpha value is -0.860. The van der Waals surface area contributed by atoms with E-state index in [1.165, 1.54) is 23.1 Å². The molecule has 3 atom stereocenters. The van der Waals surface area contributed by atoms with E-state index < -0.39 is 0 Å². The van der Waals surface area contributed by atoms with Crippen LogP contribution in [0.2, 0.25) is 0 Å². The molecule has 0 aromatic heterocycles. The van der Waals surface area contributed by atoms with Crippen LogP contribution in [0.3, 0.4) is 0 Å². The molecule has 0 saturated carbocycles. The highest BCUT2D eigenvalue weighted by molar-refractivity contribution is 5.32. The minimum atomic E-state index is 0.314. The summed E-state index contributed by atoms with van der Waals surface area (Å²) in [6.07, 6.45) is 2.32. The van der Waals surface area contributed by atoms with Crippen molar-refractivity contribution in [1.29, 1.82) is 0 Å². The van der Waals surface area contributed by atoms with Gasteiger partial charge in [-0.3, -0.25) is 4.90 Å². The summed E-state index contributed by atoms with van der Waals surface area (Å²) in [6, 6.07) is 7.85. The minimum absolute atomic E-state index is 0.314. The lowest BCUT2D eigenvalue weighted by Gasteiger charge is -2.40. The maximum atomic E-state index is 6.27. The number of aryl methyl sites for hydroxylation is 2. The Morgan fingerprint density at radius 1 is 1.26 bits per heavy atom. The van der Waals surface area contributed by atoms with Gasteiger partial charge in [-0.25, -0.2) is 0 Å². The molecule has 0 amide bonds. The number of likely N-dealkylation sites (tertiary alicyclic amines) is 1. The molecule has 1 fully saturated rings. The average molecular weight is 260 g/mol. The fourth-order valence-electron chi connectivity index (χ4n) is 3.05. The quantitative estimate of drug-likeness (QED) is 0.904. The van der Waals surface area contributed by atoms with Crippen molar-refractivity contribution in [3.05, 3.63) is 34.9 Å². The third-order valence-electron chi connectivity index (χ3n) is 4.73. The fraction of sp³-hybridized carbons (Fsp3) is 0.647. The van der Waals surface area contributed by atoms with Crippen LogP contribution in [0.4, 0.5) is 0 Å². The van der Waals surface area contributed by atoms with E-state index in [0.717, 1.165) is 19.5 Å². The molecule has 1 heterocycles. The zero-order chi connectivity index (χ0) is 14.0. The van der Waals surface area contributed by atoms with Gasteiger partial charge in [0.25, 0.3) is 0 Å². The molecule has 3 unspecified atom stereocenters. The molecule has 0 spiro atoms. The van der Waals surface area contributed by atoms with Crippen molar-refractivity contribution in [2.45, 2.75) is 58.5 Å². The second-order valence-corrected chi connectivity index (χ2v) is 6.25. The smallest absolute Gasteiger partial charge is 0.0174 e. The highest BCUT2D eigenvalue weighted by atomic mass is 15.2. The van der Waals surface area contributed by atoms with Gasteiger partial charge >= 0.3 is 0 Å². The van der Waals surface area contributed by atoms with Crippen molar-refractivity contribution in [2.24, 2.45) is 5.73 Å². The Morgan fingerprint density at radius 3 is 2.63 bits per heavy atom. The standard InChI is InChI=1S/C17H28N2/c1-5-14(4)19-10-16(9-17(18)11-19)15-7-6-12(2)13(3)8-15/h6-8,14,16-17H,5,9-11,18H2,1-4H3. The molecule has 0 bridgehead atoms. The van der Waals surface area contributed by atoms with Crippen molar-refractivity contribution in [2.75, 3.05) is 13.1 Å². The lowest BCUT2D eigenvalue weighted by molar-refractivity contribution is 0.140. The molecule has 0 aliphatic carbocycles. The molecule has 2 N–H and O–H groups in total. The fourth-order valence-corrected chi connectivity index (χ4v) is 3.05. The molecule has 0 radical (unpaired) electrons. The molecule has 1 aliphatic rings. The molecule has 1 saturated heterocycles. The van der Waals surface area contributed by atoms with Gasteiger partial charge in [0.05, 0.1) is 0 Å². The first-order chi connectivity index (χ1) is 9.01. The Morgan fingerprint density at radius 2 is 2.00 bits per heavy atom. The highest BCUT2D eigenvalue weighted by Crippen LogP contribution is 2.29. The monoisotopic (exact) mass is 260 g/mol. The highest BCUT2D eigenvalue weighted by Gasteiger charge is 2.28. The number of hydrogen-bond acceptors (Lipinski definition) is 2. The first kappa shape index (κ1) is 14.5. The molecule has 1 aliphatic heterocycles. The summed E-state index contributed by atoms with van der Waals surface area (Å²) in [5.41, 5.74) is 10.5. The van der Waals surface area contributed by atoms with Crippen LogP contribution < -0.4 is 5.73 Å². The maximum Gasteiger partial charge on any atom is 0.0174 e. The molecular weight excluding hydrogens is 232 g/mol. The number of nitrogens with two attached hydrogens (primary N) is 1. The van der Waals surface area contributed by atoms with Gasteiger partial charge in [-0.15, -0.1) is 0 Å². The van der Waals surface area contributed by atoms with Crippen LogP contribution in [0.5, 0.6) is 0 Å². The summed E-state index contributed by atoms with van der Waals surface area (Å²) in [5.74, 6) is 0.594. The predicted molar refractivity (Wildman–Crippen MR) is 82.6 cm³/mol. The van der Waals surface area contributed by atoms with Crippen molar-refractivity contribution >= 4 is 0 Å². The number of nitrogens with zero attached hydrogens (tertiary/aromatic N) is 1. The van der Waals surface area contributed by atoms with Crippen LogP contribution in [0, 0.1) is 13.8 Å². The zero-order valence-electron chi connectivity index (χ0n) is 12.8. The SMILES string of the molecule is CCC(C)N1CC(N)CC(c2ccc(C)c(C)c2)C1.